The van der Waals surface area contributed by atoms with E-state index in [1.807, 2.05) is 25.1 Å². The highest BCUT2D eigenvalue weighted by molar-refractivity contribution is 7.90. The molecule has 0 saturated carbocycles. The molecule has 84 valence electrons. The van der Waals surface area contributed by atoms with Gasteiger partial charge in [-0.1, -0.05) is 17.7 Å². The monoisotopic (exact) mass is 235 g/mol. The van der Waals surface area contributed by atoms with Gasteiger partial charge in [-0.25, -0.2) is 8.42 Å². The summed E-state index contributed by atoms with van der Waals surface area (Å²) < 4.78 is 26.0. The number of fused-ring (bicyclic) bond motifs is 3. The van der Waals surface area contributed by atoms with Crippen molar-refractivity contribution in [2.45, 2.75) is 24.7 Å². The van der Waals surface area contributed by atoms with Crippen LogP contribution in [0, 0.1) is 6.92 Å². The molecule has 0 atom stereocenters. The normalized spacial score (nSPS) is 21.3. The van der Waals surface area contributed by atoms with Crippen molar-refractivity contribution in [3.05, 3.63) is 35.4 Å². The fourth-order valence-electron chi connectivity index (χ4n) is 2.38. The van der Waals surface area contributed by atoms with Crippen molar-refractivity contribution in [1.82, 2.24) is 4.31 Å². The van der Waals surface area contributed by atoms with Gasteiger partial charge in [-0.05, 0) is 31.9 Å². The first-order valence-corrected chi connectivity index (χ1v) is 6.88. The van der Waals surface area contributed by atoms with E-state index in [2.05, 4.69) is 0 Å². The fraction of sp³-hybridized carbons (Fsp3) is 0.333. The van der Waals surface area contributed by atoms with Crippen LogP contribution < -0.4 is 0 Å². The largest absolute Gasteiger partial charge is 0.266 e. The Hall–Kier alpha value is -1.29. The average molecular weight is 235 g/mol. The van der Waals surface area contributed by atoms with E-state index in [1.165, 1.54) is 0 Å². The summed E-state index contributed by atoms with van der Waals surface area (Å²) in [6.45, 7) is 2.60. The van der Waals surface area contributed by atoms with Gasteiger partial charge in [0.25, 0.3) is 10.0 Å². The van der Waals surface area contributed by atoms with E-state index in [9.17, 15) is 8.42 Å². The second-order valence-corrected chi connectivity index (χ2v) is 6.14. The molecular formula is C12H13NO2S. The van der Waals surface area contributed by atoms with E-state index in [0.29, 0.717) is 11.4 Å². The van der Waals surface area contributed by atoms with Crippen LogP contribution in [0.15, 0.2) is 29.2 Å². The Kier molecular flexibility index (Phi) is 1.92. The molecule has 0 saturated heterocycles. The lowest BCUT2D eigenvalue weighted by Crippen LogP contribution is -2.26. The Balaban J connectivity index is 2.33. The summed E-state index contributed by atoms with van der Waals surface area (Å²) in [7, 11) is -3.26. The molecule has 2 aliphatic rings. The number of aryl methyl sites for hydroxylation is 1. The fourth-order valence-corrected chi connectivity index (χ4v) is 4.10. The molecule has 0 fully saturated rings. The van der Waals surface area contributed by atoms with Crippen LogP contribution in [0.3, 0.4) is 0 Å². The third-order valence-corrected chi connectivity index (χ3v) is 5.02. The molecule has 1 aromatic rings. The second-order valence-electron chi connectivity index (χ2n) is 4.31. The van der Waals surface area contributed by atoms with Crippen molar-refractivity contribution >= 4 is 15.7 Å². The molecule has 0 radical (unpaired) electrons. The first-order valence-electron chi connectivity index (χ1n) is 5.44. The molecule has 16 heavy (non-hydrogen) atoms. The van der Waals surface area contributed by atoms with Gasteiger partial charge in [0.15, 0.2) is 0 Å². The van der Waals surface area contributed by atoms with E-state index in [1.54, 1.807) is 10.4 Å². The summed E-state index contributed by atoms with van der Waals surface area (Å²) in [6, 6.07) is 5.54. The Labute approximate surface area is 95.4 Å². The van der Waals surface area contributed by atoms with Crippen molar-refractivity contribution in [3.8, 4) is 0 Å². The summed E-state index contributed by atoms with van der Waals surface area (Å²) >= 11 is 0. The molecule has 2 aliphatic heterocycles. The first kappa shape index (κ1) is 9.90. The molecule has 0 aromatic heterocycles. The minimum atomic E-state index is -3.26. The second kappa shape index (κ2) is 3.10. The van der Waals surface area contributed by atoms with Crippen molar-refractivity contribution in [1.29, 1.82) is 0 Å². The number of nitrogens with zero attached hydrogens (tertiary/aromatic N) is 1. The third-order valence-electron chi connectivity index (χ3n) is 3.15. The maximum Gasteiger partial charge on any atom is 0.265 e. The molecule has 2 heterocycles. The molecule has 1 aromatic carbocycles. The van der Waals surface area contributed by atoms with Gasteiger partial charge in [0.05, 0.1) is 10.6 Å². The standard InChI is InChI=1S/C12H13NO2S/c1-9-5-6-12-10(8-9)11-4-2-3-7-13(11)16(12,14)15/h4-6,8H,2-3,7H2,1H3. The summed E-state index contributed by atoms with van der Waals surface area (Å²) in [5, 5.41) is 0. The van der Waals surface area contributed by atoms with Gasteiger partial charge < -0.3 is 0 Å². The summed E-state index contributed by atoms with van der Waals surface area (Å²) in [6.07, 6.45) is 3.91. The molecule has 3 nitrogen and oxygen atoms in total. The van der Waals surface area contributed by atoms with Crippen LogP contribution >= 0.6 is 0 Å². The van der Waals surface area contributed by atoms with Crippen molar-refractivity contribution in [2.75, 3.05) is 6.54 Å². The van der Waals surface area contributed by atoms with Crippen molar-refractivity contribution < 1.29 is 8.42 Å². The Bertz CT molecular complexity index is 587. The van der Waals surface area contributed by atoms with E-state index in [4.69, 9.17) is 0 Å². The number of benzene rings is 1. The summed E-state index contributed by atoms with van der Waals surface area (Å²) in [5.41, 5.74) is 2.85. The molecule has 4 heteroatoms. The minimum absolute atomic E-state index is 0.464. The number of hydrogen-bond donors (Lipinski definition) is 0. The van der Waals surface area contributed by atoms with Crippen molar-refractivity contribution in [2.24, 2.45) is 0 Å². The lowest BCUT2D eigenvalue weighted by atomic mass is 10.1. The highest BCUT2D eigenvalue weighted by Gasteiger charge is 2.38. The van der Waals surface area contributed by atoms with Gasteiger partial charge in [-0.2, -0.15) is 0 Å². The number of allylic oxidation sites excluding steroid dienone is 1. The average Bonchev–Trinajstić information content (AvgIpc) is 2.49. The summed E-state index contributed by atoms with van der Waals surface area (Å²) in [5.74, 6) is 0. The van der Waals surface area contributed by atoms with Gasteiger partial charge >= 0.3 is 0 Å². The van der Waals surface area contributed by atoms with Crippen LogP contribution in [0.4, 0.5) is 0 Å². The minimum Gasteiger partial charge on any atom is -0.266 e. The molecule has 0 unspecified atom stereocenters. The van der Waals surface area contributed by atoms with Crippen LogP contribution in [-0.4, -0.2) is 19.3 Å². The van der Waals surface area contributed by atoms with Crippen LogP contribution in [0.2, 0.25) is 0 Å². The van der Waals surface area contributed by atoms with Gasteiger partial charge in [0.2, 0.25) is 0 Å². The highest BCUT2D eigenvalue weighted by Crippen LogP contribution is 2.41. The molecule has 0 aliphatic carbocycles. The maximum atomic E-state index is 12.2. The molecule has 3 rings (SSSR count). The van der Waals surface area contributed by atoms with E-state index >= 15 is 0 Å². The number of sulfonamides is 1. The molecule has 0 bridgehead atoms. The van der Waals surface area contributed by atoms with E-state index in [-0.39, 0.29) is 0 Å². The SMILES string of the molecule is Cc1ccc2c(c1)C1=CCCCN1S2(=O)=O. The smallest absolute Gasteiger partial charge is 0.265 e. The Morgan fingerprint density at radius 1 is 1.31 bits per heavy atom. The van der Waals surface area contributed by atoms with Gasteiger partial charge in [0, 0.05) is 12.1 Å². The predicted octanol–water partition coefficient (Wildman–Crippen LogP) is 2.13. The molecule has 0 spiro atoms. The zero-order valence-electron chi connectivity index (χ0n) is 9.10. The lowest BCUT2D eigenvalue weighted by Gasteiger charge is -2.22. The van der Waals surface area contributed by atoms with Gasteiger partial charge in [-0.3, -0.25) is 4.31 Å². The van der Waals surface area contributed by atoms with E-state index < -0.39 is 10.0 Å². The van der Waals surface area contributed by atoms with Crippen LogP contribution in [0.5, 0.6) is 0 Å². The Morgan fingerprint density at radius 2 is 2.12 bits per heavy atom. The van der Waals surface area contributed by atoms with Gasteiger partial charge in [0.1, 0.15) is 0 Å². The highest BCUT2D eigenvalue weighted by atomic mass is 32.2. The maximum absolute atomic E-state index is 12.2. The molecule has 0 amide bonds. The third kappa shape index (κ3) is 1.16. The molecular weight excluding hydrogens is 222 g/mol. The summed E-state index contributed by atoms with van der Waals surface area (Å²) in [4.78, 5) is 0.464. The molecule has 0 N–H and O–H groups in total. The Morgan fingerprint density at radius 3 is 2.94 bits per heavy atom. The van der Waals surface area contributed by atoms with Gasteiger partial charge in [-0.15, -0.1) is 0 Å². The zero-order valence-corrected chi connectivity index (χ0v) is 9.92. The van der Waals surface area contributed by atoms with Crippen LogP contribution in [0.25, 0.3) is 5.70 Å². The number of rotatable bonds is 0. The topological polar surface area (TPSA) is 37.4 Å². The zero-order chi connectivity index (χ0) is 11.3. The van der Waals surface area contributed by atoms with Crippen LogP contribution in [-0.2, 0) is 10.0 Å². The predicted molar refractivity (Wildman–Crippen MR) is 62.3 cm³/mol. The van der Waals surface area contributed by atoms with E-state index in [0.717, 1.165) is 29.7 Å². The lowest BCUT2D eigenvalue weighted by molar-refractivity contribution is 0.501. The van der Waals surface area contributed by atoms with Crippen molar-refractivity contribution in [3.63, 3.8) is 0 Å². The quantitative estimate of drug-likeness (QED) is 0.691. The first-order chi connectivity index (χ1) is 7.60. The number of hydrogen-bond acceptors (Lipinski definition) is 2. The van der Waals surface area contributed by atoms with Crippen LogP contribution in [0.1, 0.15) is 24.0 Å².